The molecular weight excluding hydrogens is 184 g/mol. The summed E-state index contributed by atoms with van der Waals surface area (Å²) in [6, 6.07) is 0. The highest BCUT2D eigenvalue weighted by Gasteiger charge is 2.10. The first-order valence-electron chi connectivity index (χ1n) is 2.98. The van der Waals surface area contributed by atoms with Gasteiger partial charge in [0.25, 0.3) is 0 Å². The minimum atomic E-state index is -0.970. The first-order valence-corrected chi connectivity index (χ1v) is 4.11. The van der Waals surface area contributed by atoms with Gasteiger partial charge in [-0.3, -0.25) is 0 Å². The fourth-order valence-corrected chi connectivity index (χ4v) is 0.605. The number of hydrogen-bond donors (Lipinski definition) is 1. The van der Waals surface area contributed by atoms with E-state index in [1.54, 1.807) is 13.8 Å². The summed E-state index contributed by atoms with van der Waals surface area (Å²) in [5.74, 6) is -0.970. The van der Waals surface area contributed by atoms with E-state index in [9.17, 15) is 0 Å². The van der Waals surface area contributed by atoms with E-state index in [1.165, 1.54) is 0 Å². The Morgan fingerprint density at radius 1 is 1.56 bits per heavy atom. The Hall–Kier alpha value is 0.400. The standard InChI is InChI=1S/C6H13BrO2/c1-6(2,8)9-5-3-4-7/h8H,3-5H2,1-2H3. The van der Waals surface area contributed by atoms with Crippen molar-refractivity contribution in [3.05, 3.63) is 0 Å². The van der Waals surface area contributed by atoms with Gasteiger partial charge in [0.15, 0.2) is 5.79 Å². The van der Waals surface area contributed by atoms with Gasteiger partial charge in [-0.05, 0) is 20.3 Å². The van der Waals surface area contributed by atoms with Crippen LogP contribution in [-0.2, 0) is 4.74 Å². The summed E-state index contributed by atoms with van der Waals surface area (Å²) >= 11 is 3.26. The molecule has 0 unspecified atom stereocenters. The van der Waals surface area contributed by atoms with Crippen LogP contribution >= 0.6 is 15.9 Å². The van der Waals surface area contributed by atoms with Crippen molar-refractivity contribution in [2.24, 2.45) is 0 Å². The van der Waals surface area contributed by atoms with Crippen molar-refractivity contribution >= 4 is 15.9 Å². The molecule has 0 aromatic heterocycles. The Morgan fingerprint density at radius 3 is 2.44 bits per heavy atom. The highest BCUT2D eigenvalue weighted by atomic mass is 79.9. The van der Waals surface area contributed by atoms with E-state index >= 15 is 0 Å². The molecule has 0 rings (SSSR count). The Balaban J connectivity index is 3.07. The zero-order valence-electron chi connectivity index (χ0n) is 5.85. The summed E-state index contributed by atoms with van der Waals surface area (Å²) in [5.41, 5.74) is 0. The van der Waals surface area contributed by atoms with Crippen molar-refractivity contribution in [1.82, 2.24) is 0 Å². The van der Waals surface area contributed by atoms with Gasteiger partial charge < -0.3 is 9.84 Å². The van der Waals surface area contributed by atoms with Crippen LogP contribution in [0, 0.1) is 0 Å². The first kappa shape index (κ1) is 9.40. The lowest BCUT2D eigenvalue weighted by atomic mass is 10.4. The summed E-state index contributed by atoms with van der Waals surface area (Å²) in [4.78, 5) is 0. The summed E-state index contributed by atoms with van der Waals surface area (Å²) in [7, 11) is 0. The molecule has 0 aromatic rings. The summed E-state index contributed by atoms with van der Waals surface area (Å²) in [6.45, 7) is 3.86. The Labute approximate surface area is 64.3 Å². The monoisotopic (exact) mass is 196 g/mol. The van der Waals surface area contributed by atoms with Crippen molar-refractivity contribution in [2.75, 3.05) is 11.9 Å². The van der Waals surface area contributed by atoms with E-state index in [-0.39, 0.29) is 0 Å². The topological polar surface area (TPSA) is 29.5 Å². The third-order valence-corrected chi connectivity index (χ3v) is 1.29. The van der Waals surface area contributed by atoms with Crippen molar-refractivity contribution < 1.29 is 9.84 Å². The first-order chi connectivity index (χ1) is 4.06. The number of halogens is 1. The van der Waals surface area contributed by atoms with Gasteiger partial charge in [-0.2, -0.15) is 0 Å². The van der Waals surface area contributed by atoms with Gasteiger partial charge >= 0.3 is 0 Å². The van der Waals surface area contributed by atoms with E-state index < -0.39 is 5.79 Å². The molecule has 0 spiro atoms. The Morgan fingerprint density at radius 2 is 2.11 bits per heavy atom. The molecular formula is C6H13BrO2. The molecule has 0 bridgehead atoms. The molecule has 1 N–H and O–H groups in total. The molecule has 0 aliphatic rings. The van der Waals surface area contributed by atoms with Crippen molar-refractivity contribution in [3.63, 3.8) is 0 Å². The maximum absolute atomic E-state index is 9.01. The highest BCUT2D eigenvalue weighted by Crippen LogP contribution is 2.03. The average molecular weight is 197 g/mol. The van der Waals surface area contributed by atoms with Crippen molar-refractivity contribution in [2.45, 2.75) is 26.1 Å². The lowest BCUT2D eigenvalue weighted by Gasteiger charge is -2.17. The zero-order chi connectivity index (χ0) is 7.33. The second-order valence-corrected chi connectivity index (χ2v) is 3.13. The van der Waals surface area contributed by atoms with Gasteiger partial charge in [-0.15, -0.1) is 0 Å². The number of aliphatic hydroxyl groups is 1. The minimum Gasteiger partial charge on any atom is -0.366 e. The van der Waals surface area contributed by atoms with E-state index in [0.29, 0.717) is 6.61 Å². The molecule has 0 aliphatic heterocycles. The SMILES string of the molecule is CC(C)(O)OCCCBr. The maximum Gasteiger partial charge on any atom is 0.159 e. The smallest absolute Gasteiger partial charge is 0.159 e. The van der Waals surface area contributed by atoms with Crippen molar-refractivity contribution in [1.29, 1.82) is 0 Å². The maximum atomic E-state index is 9.01. The van der Waals surface area contributed by atoms with Crippen LogP contribution in [-0.4, -0.2) is 22.8 Å². The van der Waals surface area contributed by atoms with Crippen LogP contribution in [0.4, 0.5) is 0 Å². The van der Waals surface area contributed by atoms with Crippen LogP contribution < -0.4 is 0 Å². The zero-order valence-corrected chi connectivity index (χ0v) is 7.44. The molecule has 0 fully saturated rings. The number of hydrogen-bond acceptors (Lipinski definition) is 2. The highest BCUT2D eigenvalue weighted by molar-refractivity contribution is 9.09. The molecule has 0 heterocycles. The van der Waals surface area contributed by atoms with Crippen LogP contribution in [0.3, 0.4) is 0 Å². The van der Waals surface area contributed by atoms with Crippen LogP contribution in [0.15, 0.2) is 0 Å². The van der Waals surface area contributed by atoms with E-state index in [2.05, 4.69) is 15.9 Å². The largest absolute Gasteiger partial charge is 0.366 e. The van der Waals surface area contributed by atoms with Gasteiger partial charge in [0.1, 0.15) is 0 Å². The molecule has 3 heteroatoms. The summed E-state index contributed by atoms with van der Waals surface area (Å²) < 4.78 is 5.00. The number of ether oxygens (including phenoxy) is 1. The van der Waals surface area contributed by atoms with Gasteiger partial charge in [0.05, 0.1) is 6.61 Å². The molecule has 9 heavy (non-hydrogen) atoms. The number of rotatable bonds is 4. The van der Waals surface area contributed by atoms with E-state index in [4.69, 9.17) is 9.84 Å². The molecule has 0 aliphatic carbocycles. The predicted molar refractivity (Wildman–Crippen MR) is 40.7 cm³/mol. The predicted octanol–water partition coefficient (Wildman–Crippen LogP) is 1.52. The van der Waals surface area contributed by atoms with E-state index in [0.717, 1.165) is 11.8 Å². The van der Waals surface area contributed by atoms with E-state index in [1.807, 2.05) is 0 Å². The quantitative estimate of drug-likeness (QED) is 0.420. The molecule has 0 amide bonds. The third kappa shape index (κ3) is 8.40. The van der Waals surface area contributed by atoms with Crippen LogP contribution in [0.1, 0.15) is 20.3 Å². The third-order valence-electron chi connectivity index (χ3n) is 0.733. The molecule has 0 aromatic carbocycles. The second kappa shape index (κ2) is 4.25. The lowest BCUT2D eigenvalue weighted by Crippen LogP contribution is -2.23. The molecule has 0 atom stereocenters. The van der Waals surface area contributed by atoms with Crippen molar-refractivity contribution in [3.8, 4) is 0 Å². The van der Waals surface area contributed by atoms with Crippen LogP contribution in [0.2, 0.25) is 0 Å². The average Bonchev–Trinajstić information content (AvgIpc) is 1.63. The second-order valence-electron chi connectivity index (χ2n) is 2.34. The molecule has 2 nitrogen and oxygen atoms in total. The lowest BCUT2D eigenvalue weighted by molar-refractivity contribution is -0.175. The number of alkyl halides is 1. The summed E-state index contributed by atoms with van der Waals surface area (Å²) in [6.07, 6.45) is 0.935. The van der Waals surface area contributed by atoms with Gasteiger partial charge in [-0.25, -0.2) is 0 Å². The molecule has 56 valence electrons. The Kier molecular flexibility index (Phi) is 4.44. The van der Waals surface area contributed by atoms with Gasteiger partial charge in [0.2, 0.25) is 0 Å². The molecule has 0 radical (unpaired) electrons. The minimum absolute atomic E-state index is 0.606. The molecule has 0 saturated carbocycles. The van der Waals surface area contributed by atoms with Gasteiger partial charge in [0, 0.05) is 5.33 Å². The fraction of sp³-hybridized carbons (Fsp3) is 1.00. The van der Waals surface area contributed by atoms with Crippen LogP contribution in [0.5, 0.6) is 0 Å². The van der Waals surface area contributed by atoms with Gasteiger partial charge in [-0.1, -0.05) is 15.9 Å². The van der Waals surface area contributed by atoms with Crippen LogP contribution in [0.25, 0.3) is 0 Å². The Bertz CT molecular complexity index is 67.9. The molecule has 0 saturated heterocycles. The summed E-state index contributed by atoms with van der Waals surface area (Å²) in [5, 5.41) is 9.93. The fourth-order valence-electron chi connectivity index (χ4n) is 0.376. The normalized spacial score (nSPS) is 12.0.